The third kappa shape index (κ3) is 1.61. The van der Waals surface area contributed by atoms with E-state index in [2.05, 4.69) is 0 Å². The second kappa shape index (κ2) is 3.19. The van der Waals surface area contributed by atoms with E-state index >= 15 is 0 Å². The minimum atomic E-state index is -0.924. The molecule has 0 atom stereocenters. The standard InChI is InChI=1S/C8H5ClF2O/c1-4(12)8-6(9)2-5(10)3-7(8)11/h2-3H,1H3. The molecule has 0 aromatic heterocycles. The smallest absolute Gasteiger partial charge is 0.164 e. The van der Waals surface area contributed by atoms with Gasteiger partial charge in [0.05, 0.1) is 10.6 Å². The molecule has 1 aromatic rings. The monoisotopic (exact) mass is 190 g/mol. The van der Waals surface area contributed by atoms with Gasteiger partial charge in [0.1, 0.15) is 11.6 Å². The van der Waals surface area contributed by atoms with Crippen LogP contribution in [0, 0.1) is 11.6 Å². The lowest BCUT2D eigenvalue weighted by Crippen LogP contribution is -1.99. The third-order valence-electron chi connectivity index (χ3n) is 1.36. The highest BCUT2D eigenvalue weighted by Crippen LogP contribution is 2.21. The van der Waals surface area contributed by atoms with Crippen molar-refractivity contribution in [1.82, 2.24) is 0 Å². The van der Waals surface area contributed by atoms with Crippen molar-refractivity contribution in [2.75, 3.05) is 0 Å². The summed E-state index contributed by atoms with van der Waals surface area (Å²) in [5.74, 6) is -2.23. The molecule has 1 nitrogen and oxygen atoms in total. The van der Waals surface area contributed by atoms with E-state index in [-0.39, 0.29) is 10.6 Å². The number of rotatable bonds is 1. The number of hydrogen-bond acceptors (Lipinski definition) is 1. The topological polar surface area (TPSA) is 17.1 Å². The zero-order valence-electron chi connectivity index (χ0n) is 6.20. The molecule has 12 heavy (non-hydrogen) atoms. The van der Waals surface area contributed by atoms with Crippen LogP contribution < -0.4 is 0 Å². The fraction of sp³-hybridized carbons (Fsp3) is 0.125. The zero-order chi connectivity index (χ0) is 9.30. The van der Waals surface area contributed by atoms with Gasteiger partial charge in [-0.25, -0.2) is 8.78 Å². The largest absolute Gasteiger partial charge is 0.294 e. The quantitative estimate of drug-likeness (QED) is 0.623. The van der Waals surface area contributed by atoms with Gasteiger partial charge in [-0.15, -0.1) is 0 Å². The van der Waals surface area contributed by atoms with Crippen molar-refractivity contribution in [1.29, 1.82) is 0 Å². The Hall–Kier alpha value is -0.960. The first-order chi connectivity index (χ1) is 5.52. The molecule has 0 saturated carbocycles. The van der Waals surface area contributed by atoms with E-state index < -0.39 is 17.4 Å². The number of Topliss-reactive ketones (excluding diaryl/α,β-unsaturated/α-hetero) is 1. The van der Waals surface area contributed by atoms with Crippen molar-refractivity contribution >= 4 is 17.4 Å². The summed E-state index contributed by atoms with van der Waals surface area (Å²) in [6.07, 6.45) is 0. The van der Waals surface area contributed by atoms with Crippen molar-refractivity contribution in [2.45, 2.75) is 6.92 Å². The van der Waals surface area contributed by atoms with E-state index in [1.165, 1.54) is 6.92 Å². The van der Waals surface area contributed by atoms with Crippen LogP contribution in [0.5, 0.6) is 0 Å². The molecule has 0 bridgehead atoms. The predicted molar refractivity (Wildman–Crippen MR) is 41.4 cm³/mol. The average molecular weight is 191 g/mol. The van der Waals surface area contributed by atoms with Crippen LogP contribution in [-0.2, 0) is 0 Å². The Morgan fingerprint density at radius 3 is 2.42 bits per heavy atom. The Morgan fingerprint density at radius 1 is 1.42 bits per heavy atom. The Bertz CT molecular complexity index is 313. The maximum atomic E-state index is 12.8. The molecule has 0 fully saturated rings. The molecule has 1 rings (SSSR count). The first kappa shape index (κ1) is 9.13. The first-order valence-electron chi connectivity index (χ1n) is 3.18. The van der Waals surface area contributed by atoms with Crippen molar-refractivity contribution in [3.8, 4) is 0 Å². The normalized spacial score (nSPS) is 10.0. The van der Waals surface area contributed by atoms with Crippen molar-refractivity contribution in [3.05, 3.63) is 34.4 Å². The summed E-state index contributed by atoms with van der Waals surface area (Å²) in [7, 11) is 0. The lowest BCUT2D eigenvalue weighted by Gasteiger charge is -2.00. The number of benzene rings is 1. The van der Waals surface area contributed by atoms with Crippen LogP contribution in [0.1, 0.15) is 17.3 Å². The van der Waals surface area contributed by atoms with Gasteiger partial charge in [0, 0.05) is 6.07 Å². The van der Waals surface area contributed by atoms with Crippen LogP contribution >= 0.6 is 11.6 Å². The SMILES string of the molecule is CC(=O)c1c(F)cc(F)cc1Cl. The number of ketones is 1. The second-order valence-corrected chi connectivity index (χ2v) is 2.71. The molecule has 0 aliphatic carbocycles. The summed E-state index contributed by atoms with van der Waals surface area (Å²) in [6.45, 7) is 1.17. The lowest BCUT2D eigenvalue weighted by molar-refractivity contribution is 0.101. The van der Waals surface area contributed by atoms with Gasteiger partial charge in [-0.2, -0.15) is 0 Å². The van der Waals surface area contributed by atoms with Gasteiger partial charge in [0.25, 0.3) is 0 Å². The molecule has 0 amide bonds. The fourth-order valence-corrected chi connectivity index (χ4v) is 1.21. The molecule has 0 N–H and O–H groups in total. The average Bonchev–Trinajstić information content (AvgIpc) is 1.82. The lowest BCUT2D eigenvalue weighted by atomic mass is 10.1. The van der Waals surface area contributed by atoms with Crippen LogP contribution in [0.2, 0.25) is 5.02 Å². The van der Waals surface area contributed by atoms with Gasteiger partial charge in [0.15, 0.2) is 5.78 Å². The van der Waals surface area contributed by atoms with Gasteiger partial charge in [0.2, 0.25) is 0 Å². The van der Waals surface area contributed by atoms with Gasteiger partial charge in [-0.05, 0) is 13.0 Å². The molecular weight excluding hydrogens is 186 g/mol. The maximum absolute atomic E-state index is 12.8. The second-order valence-electron chi connectivity index (χ2n) is 2.30. The van der Waals surface area contributed by atoms with Crippen LogP contribution in [0.15, 0.2) is 12.1 Å². The Kier molecular flexibility index (Phi) is 2.43. The summed E-state index contributed by atoms with van der Waals surface area (Å²) in [6, 6.07) is 1.53. The maximum Gasteiger partial charge on any atom is 0.164 e. The summed E-state index contributed by atoms with van der Waals surface area (Å²) in [5, 5.41) is -0.194. The number of carbonyl (C=O) groups is 1. The predicted octanol–water partition coefficient (Wildman–Crippen LogP) is 2.82. The van der Waals surface area contributed by atoms with Crippen LogP contribution in [0.25, 0.3) is 0 Å². The van der Waals surface area contributed by atoms with Crippen LogP contribution in [0.3, 0.4) is 0 Å². The molecule has 0 heterocycles. The van der Waals surface area contributed by atoms with Crippen molar-refractivity contribution < 1.29 is 13.6 Å². The Balaban J connectivity index is 3.38. The Labute approximate surface area is 73.0 Å². The van der Waals surface area contributed by atoms with E-state index in [0.29, 0.717) is 6.07 Å². The molecule has 0 spiro atoms. The molecule has 64 valence electrons. The van der Waals surface area contributed by atoms with Crippen LogP contribution in [0.4, 0.5) is 8.78 Å². The molecule has 0 saturated heterocycles. The van der Waals surface area contributed by atoms with Gasteiger partial charge in [-0.3, -0.25) is 4.79 Å². The minimum Gasteiger partial charge on any atom is -0.294 e. The molecule has 0 radical (unpaired) electrons. The summed E-state index contributed by atoms with van der Waals surface area (Å²) < 4.78 is 25.3. The first-order valence-corrected chi connectivity index (χ1v) is 3.55. The molecular formula is C8H5ClF2O. The third-order valence-corrected chi connectivity index (χ3v) is 1.66. The zero-order valence-corrected chi connectivity index (χ0v) is 6.95. The van der Waals surface area contributed by atoms with E-state index in [9.17, 15) is 13.6 Å². The van der Waals surface area contributed by atoms with Crippen molar-refractivity contribution in [3.63, 3.8) is 0 Å². The van der Waals surface area contributed by atoms with Gasteiger partial charge >= 0.3 is 0 Å². The van der Waals surface area contributed by atoms with Gasteiger partial charge in [-0.1, -0.05) is 11.6 Å². The van der Waals surface area contributed by atoms with E-state index in [4.69, 9.17) is 11.6 Å². The van der Waals surface area contributed by atoms with E-state index in [1.54, 1.807) is 0 Å². The highest BCUT2D eigenvalue weighted by Gasteiger charge is 2.13. The number of hydrogen-bond donors (Lipinski definition) is 0. The van der Waals surface area contributed by atoms with Gasteiger partial charge < -0.3 is 0 Å². The highest BCUT2D eigenvalue weighted by atomic mass is 35.5. The number of halogens is 3. The summed E-state index contributed by atoms with van der Waals surface area (Å²) in [5.41, 5.74) is -0.266. The van der Waals surface area contributed by atoms with Crippen LogP contribution in [-0.4, -0.2) is 5.78 Å². The molecule has 0 unspecified atom stereocenters. The minimum absolute atomic E-state index is 0.194. The molecule has 0 aliphatic rings. The fourth-order valence-electron chi connectivity index (χ4n) is 0.879. The summed E-state index contributed by atoms with van der Waals surface area (Å²) >= 11 is 5.43. The molecule has 1 aromatic carbocycles. The summed E-state index contributed by atoms with van der Waals surface area (Å²) in [4.78, 5) is 10.8. The van der Waals surface area contributed by atoms with E-state index in [0.717, 1.165) is 6.07 Å². The molecule has 4 heteroatoms. The van der Waals surface area contributed by atoms with E-state index in [1.807, 2.05) is 0 Å². The molecule has 0 aliphatic heterocycles. The Morgan fingerprint density at radius 2 is 2.00 bits per heavy atom. The highest BCUT2D eigenvalue weighted by molar-refractivity contribution is 6.33. The number of carbonyl (C=O) groups excluding carboxylic acids is 1. The van der Waals surface area contributed by atoms with Crippen molar-refractivity contribution in [2.24, 2.45) is 0 Å².